The van der Waals surface area contributed by atoms with Crippen LogP contribution in [0.15, 0.2) is 0 Å². The molecule has 1 saturated heterocycles. The summed E-state index contributed by atoms with van der Waals surface area (Å²) in [6.07, 6.45) is 8.10. The normalized spacial score (nSPS) is 27.9. The number of carbonyl (C=O) groups is 2. The van der Waals surface area contributed by atoms with Gasteiger partial charge in [0, 0.05) is 19.0 Å². The fourth-order valence-electron chi connectivity index (χ4n) is 3.86. The van der Waals surface area contributed by atoms with Gasteiger partial charge in [-0.15, -0.1) is 0 Å². The van der Waals surface area contributed by atoms with E-state index >= 15 is 0 Å². The molecule has 0 aromatic carbocycles. The maximum absolute atomic E-state index is 12.6. The van der Waals surface area contributed by atoms with Crippen molar-refractivity contribution in [2.45, 2.75) is 70.9 Å². The van der Waals surface area contributed by atoms with Gasteiger partial charge in [0.05, 0.1) is 0 Å². The molecule has 0 spiro atoms. The molecule has 4 heteroatoms. The van der Waals surface area contributed by atoms with Crippen LogP contribution in [0.4, 0.5) is 0 Å². The first-order valence-corrected chi connectivity index (χ1v) is 8.10. The van der Waals surface area contributed by atoms with Gasteiger partial charge in [-0.25, -0.2) is 0 Å². The third-order valence-corrected chi connectivity index (χ3v) is 4.92. The molecule has 2 fully saturated rings. The van der Waals surface area contributed by atoms with Crippen molar-refractivity contribution >= 4 is 11.8 Å². The third kappa shape index (κ3) is 2.99. The first-order valence-electron chi connectivity index (χ1n) is 8.10. The van der Waals surface area contributed by atoms with Crippen LogP contribution in [0.3, 0.4) is 0 Å². The Morgan fingerprint density at radius 2 is 1.70 bits per heavy atom. The number of amides is 2. The first-order chi connectivity index (χ1) is 9.56. The lowest BCUT2D eigenvalue weighted by atomic mass is 9.83. The second kappa shape index (κ2) is 6.59. The molecule has 0 aromatic rings. The number of likely N-dealkylation sites (tertiary alicyclic amines) is 1. The molecule has 2 aliphatic rings. The maximum atomic E-state index is 12.6. The summed E-state index contributed by atoms with van der Waals surface area (Å²) >= 11 is 0. The lowest BCUT2D eigenvalue weighted by Crippen LogP contribution is -2.51. The zero-order valence-electron chi connectivity index (χ0n) is 13.0. The highest BCUT2D eigenvalue weighted by Gasteiger charge is 2.44. The number of carbonyl (C=O) groups excluding carboxylic acids is 2. The predicted molar refractivity (Wildman–Crippen MR) is 79.1 cm³/mol. The summed E-state index contributed by atoms with van der Waals surface area (Å²) in [5, 5.41) is 2.72. The SMILES string of the molecule is CNC(=O)[C@@H]1CC[C@H](C2CCCCC2)N1C(=O)C(C)C. The fraction of sp³-hybridized carbons (Fsp3) is 0.875. The molecule has 0 bridgehead atoms. The van der Waals surface area contributed by atoms with E-state index in [1.165, 1.54) is 32.1 Å². The van der Waals surface area contributed by atoms with Crippen molar-refractivity contribution in [3.63, 3.8) is 0 Å². The van der Waals surface area contributed by atoms with Crippen LogP contribution in [0.25, 0.3) is 0 Å². The third-order valence-electron chi connectivity index (χ3n) is 4.92. The van der Waals surface area contributed by atoms with E-state index in [9.17, 15) is 9.59 Å². The molecule has 1 N–H and O–H groups in total. The molecule has 2 amide bonds. The van der Waals surface area contributed by atoms with Crippen LogP contribution in [0.1, 0.15) is 58.8 Å². The summed E-state index contributed by atoms with van der Waals surface area (Å²) in [6, 6.07) is 0.0364. The van der Waals surface area contributed by atoms with Gasteiger partial charge in [0.15, 0.2) is 0 Å². The predicted octanol–water partition coefficient (Wildman–Crippen LogP) is 2.33. The topological polar surface area (TPSA) is 49.4 Å². The van der Waals surface area contributed by atoms with E-state index in [0.29, 0.717) is 5.92 Å². The average Bonchev–Trinajstić information content (AvgIpc) is 2.91. The highest BCUT2D eigenvalue weighted by Crippen LogP contribution is 2.37. The van der Waals surface area contributed by atoms with Crippen molar-refractivity contribution < 1.29 is 9.59 Å². The Morgan fingerprint density at radius 1 is 1.05 bits per heavy atom. The van der Waals surface area contributed by atoms with Crippen LogP contribution in [-0.4, -0.2) is 35.8 Å². The van der Waals surface area contributed by atoms with Crippen LogP contribution in [0.2, 0.25) is 0 Å². The number of rotatable bonds is 3. The molecular weight excluding hydrogens is 252 g/mol. The molecule has 114 valence electrons. The monoisotopic (exact) mass is 280 g/mol. The largest absolute Gasteiger partial charge is 0.357 e. The lowest BCUT2D eigenvalue weighted by Gasteiger charge is -2.37. The zero-order valence-corrected chi connectivity index (χ0v) is 13.0. The van der Waals surface area contributed by atoms with E-state index in [1.54, 1.807) is 7.05 Å². The minimum Gasteiger partial charge on any atom is -0.357 e. The Labute approximate surface area is 122 Å². The number of hydrogen-bond acceptors (Lipinski definition) is 2. The fourth-order valence-corrected chi connectivity index (χ4v) is 3.86. The molecule has 0 radical (unpaired) electrons. The van der Waals surface area contributed by atoms with E-state index in [0.717, 1.165) is 12.8 Å². The molecule has 1 aliphatic carbocycles. The Balaban J connectivity index is 2.17. The van der Waals surface area contributed by atoms with Crippen molar-refractivity contribution in [3.05, 3.63) is 0 Å². The van der Waals surface area contributed by atoms with Gasteiger partial charge >= 0.3 is 0 Å². The number of nitrogens with one attached hydrogen (secondary N) is 1. The summed E-state index contributed by atoms with van der Waals surface area (Å²) in [7, 11) is 1.66. The van der Waals surface area contributed by atoms with Gasteiger partial charge in [-0.3, -0.25) is 9.59 Å². The minimum atomic E-state index is -0.248. The highest BCUT2D eigenvalue weighted by molar-refractivity contribution is 5.89. The molecule has 2 rings (SSSR count). The number of nitrogens with zero attached hydrogens (tertiary/aromatic N) is 1. The average molecular weight is 280 g/mol. The van der Waals surface area contributed by atoms with Crippen molar-refractivity contribution in [1.82, 2.24) is 10.2 Å². The van der Waals surface area contributed by atoms with Crippen LogP contribution in [0.5, 0.6) is 0 Å². The lowest BCUT2D eigenvalue weighted by molar-refractivity contribution is -0.144. The molecule has 1 saturated carbocycles. The van der Waals surface area contributed by atoms with Gasteiger partial charge in [-0.05, 0) is 31.6 Å². The second-order valence-corrected chi connectivity index (χ2v) is 6.57. The Bertz CT molecular complexity index is 361. The van der Waals surface area contributed by atoms with Crippen LogP contribution in [0, 0.1) is 11.8 Å². The van der Waals surface area contributed by atoms with Gasteiger partial charge in [-0.1, -0.05) is 33.1 Å². The van der Waals surface area contributed by atoms with Crippen molar-refractivity contribution in [1.29, 1.82) is 0 Å². The molecule has 0 unspecified atom stereocenters. The van der Waals surface area contributed by atoms with Gasteiger partial charge in [0.1, 0.15) is 6.04 Å². The quantitative estimate of drug-likeness (QED) is 0.862. The minimum absolute atomic E-state index is 0.00249. The first kappa shape index (κ1) is 15.3. The van der Waals surface area contributed by atoms with Gasteiger partial charge in [-0.2, -0.15) is 0 Å². The molecule has 2 atom stereocenters. The van der Waals surface area contributed by atoms with E-state index in [4.69, 9.17) is 0 Å². The number of hydrogen-bond donors (Lipinski definition) is 1. The molecule has 4 nitrogen and oxygen atoms in total. The zero-order chi connectivity index (χ0) is 14.7. The standard InChI is InChI=1S/C16H28N2O2/c1-11(2)16(20)18-13(12-7-5-4-6-8-12)9-10-14(18)15(19)17-3/h11-14H,4-10H2,1-3H3,(H,17,19)/t13-,14+/m1/s1. The van der Waals surface area contributed by atoms with Crippen molar-refractivity contribution in [3.8, 4) is 0 Å². The summed E-state index contributed by atoms with van der Waals surface area (Å²) < 4.78 is 0. The van der Waals surface area contributed by atoms with Crippen molar-refractivity contribution in [2.75, 3.05) is 7.05 Å². The van der Waals surface area contributed by atoms with E-state index in [1.807, 2.05) is 18.7 Å². The molecule has 0 aromatic heterocycles. The molecule has 1 aliphatic heterocycles. The Kier molecular flexibility index (Phi) is 5.06. The Morgan fingerprint density at radius 3 is 2.25 bits per heavy atom. The molecule has 1 heterocycles. The van der Waals surface area contributed by atoms with Crippen LogP contribution >= 0.6 is 0 Å². The van der Waals surface area contributed by atoms with Crippen molar-refractivity contribution in [2.24, 2.45) is 11.8 Å². The molecular formula is C16H28N2O2. The maximum Gasteiger partial charge on any atom is 0.242 e. The second-order valence-electron chi connectivity index (χ2n) is 6.57. The van der Waals surface area contributed by atoms with Crippen LogP contribution in [-0.2, 0) is 9.59 Å². The van der Waals surface area contributed by atoms with Gasteiger partial charge in [0.2, 0.25) is 11.8 Å². The highest BCUT2D eigenvalue weighted by atomic mass is 16.2. The van der Waals surface area contributed by atoms with Gasteiger partial charge < -0.3 is 10.2 Å². The van der Waals surface area contributed by atoms with E-state index < -0.39 is 0 Å². The summed E-state index contributed by atoms with van der Waals surface area (Å²) in [5.41, 5.74) is 0. The number of likely N-dealkylation sites (N-methyl/N-ethyl adjacent to an activating group) is 1. The van der Waals surface area contributed by atoms with Gasteiger partial charge in [0.25, 0.3) is 0 Å². The smallest absolute Gasteiger partial charge is 0.242 e. The summed E-state index contributed by atoms with van der Waals surface area (Å²) in [4.78, 5) is 26.6. The summed E-state index contributed by atoms with van der Waals surface area (Å²) in [6.45, 7) is 3.86. The Hall–Kier alpha value is -1.06. The molecule has 20 heavy (non-hydrogen) atoms. The van der Waals surface area contributed by atoms with E-state index in [-0.39, 0.29) is 29.8 Å². The van der Waals surface area contributed by atoms with E-state index in [2.05, 4.69) is 5.32 Å². The van der Waals surface area contributed by atoms with Crippen LogP contribution < -0.4 is 5.32 Å². The summed E-state index contributed by atoms with van der Waals surface area (Å²) in [5.74, 6) is 0.705.